The lowest BCUT2D eigenvalue weighted by Gasteiger charge is -2.32. The summed E-state index contributed by atoms with van der Waals surface area (Å²) in [6, 6.07) is 6.44. The van der Waals surface area contributed by atoms with E-state index in [0.717, 1.165) is 22.3 Å². The molecular weight excluding hydrogens is 315 g/mol. The highest BCUT2D eigenvalue weighted by molar-refractivity contribution is 6.62. The molecule has 0 unspecified atom stereocenters. The van der Waals surface area contributed by atoms with Crippen LogP contribution in [0.15, 0.2) is 33.9 Å². The van der Waals surface area contributed by atoms with Gasteiger partial charge in [0.25, 0.3) is 6.01 Å². The number of oxazole rings is 1. The molecule has 0 spiro atoms. The third kappa shape index (κ3) is 2.87. The Labute approximate surface area is 148 Å². The Morgan fingerprint density at radius 2 is 1.80 bits per heavy atom. The number of fused-ring (bicyclic) bond motifs is 1. The van der Waals surface area contributed by atoms with Gasteiger partial charge in [-0.05, 0) is 71.5 Å². The summed E-state index contributed by atoms with van der Waals surface area (Å²) in [5.74, 6) is 0. The minimum absolute atomic E-state index is 0.352. The van der Waals surface area contributed by atoms with E-state index in [-0.39, 0.29) is 18.3 Å². The number of anilines is 1. The topological polar surface area (TPSA) is 56.5 Å². The molecule has 4 rings (SSSR count). The van der Waals surface area contributed by atoms with Crippen LogP contribution in [0.2, 0.25) is 0 Å². The maximum atomic E-state index is 6.12. The van der Waals surface area contributed by atoms with Crippen LogP contribution in [0.1, 0.15) is 53.9 Å². The second kappa shape index (κ2) is 5.61. The minimum atomic E-state index is -0.388. The second-order valence-corrected chi connectivity index (χ2v) is 8.04. The molecule has 0 bridgehead atoms. The quantitative estimate of drug-likeness (QED) is 0.856. The van der Waals surface area contributed by atoms with Crippen LogP contribution in [0.4, 0.5) is 6.01 Å². The molecule has 25 heavy (non-hydrogen) atoms. The SMILES string of the molecule is CC(Nc1nc2cc(B3OC(C)(C)C(C)(C)O3)ccc2o1)=C1CCC1. The van der Waals surface area contributed by atoms with Crippen LogP contribution in [-0.2, 0) is 9.31 Å². The molecule has 1 saturated carbocycles. The van der Waals surface area contributed by atoms with E-state index < -0.39 is 0 Å². The summed E-state index contributed by atoms with van der Waals surface area (Å²) in [5.41, 5.74) is 4.43. The molecule has 6 heteroatoms. The zero-order valence-corrected chi connectivity index (χ0v) is 15.6. The lowest BCUT2D eigenvalue weighted by Crippen LogP contribution is -2.41. The molecule has 2 fully saturated rings. The van der Waals surface area contributed by atoms with E-state index in [9.17, 15) is 0 Å². The highest BCUT2D eigenvalue weighted by atomic mass is 16.7. The first-order chi connectivity index (χ1) is 11.7. The fourth-order valence-corrected chi connectivity index (χ4v) is 3.10. The highest BCUT2D eigenvalue weighted by Gasteiger charge is 2.51. The van der Waals surface area contributed by atoms with E-state index in [4.69, 9.17) is 13.7 Å². The number of hydrogen-bond acceptors (Lipinski definition) is 5. The van der Waals surface area contributed by atoms with Crippen molar-refractivity contribution in [2.24, 2.45) is 0 Å². The predicted octanol–water partition coefficient (Wildman–Crippen LogP) is 4.00. The van der Waals surface area contributed by atoms with Gasteiger partial charge in [-0.25, -0.2) is 0 Å². The molecule has 1 aliphatic heterocycles. The van der Waals surface area contributed by atoms with Gasteiger partial charge in [0.2, 0.25) is 0 Å². The molecule has 0 radical (unpaired) electrons. The van der Waals surface area contributed by atoms with Crippen LogP contribution in [0.5, 0.6) is 0 Å². The smallest absolute Gasteiger partial charge is 0.423 e. The number of hydrogen-bond donors (Lipinski definition) is 1. The Hall–Kier alpha value is -1.79. The summed E-state index contributed by atoms with van der Waals surface area (Å²) in [6.07, 6.45) is 3.62. The average molecular weight is 340 g/mol. The number of nitrogens with one attached hydrogen (secondary N) is 1. The summed E-state index contributed by atoms with van der Waals surface area (Å²) in [6.45, 7) is 10.3. The van der Waals surface area contributed by atoms with Crippen molar-refractivity contribution >= 4 is 29.7 Å². The standard InChI is InChI=1S/C19H25BN2O3/c1-12(13-7-6-8-13)21-17-22-15-11-14(9-10-16(15)23-17)20-24-18(2,3)19(4,5)25-20/h9-11H,6-8H2,1-5H3,(H,21,22). The Balaban J connectivity index is 1.59. The van der Waals surface area contributed by atoms with Gasteiger partial charge < -0.3 is 19.0 Å². The Morgan fingerprint density at radius 3 is 2.40 bits per heavy atom. The van der Waals surface area contributed by atoms with Crippen LogP contribution >= 0.6 is 0 Å². The van der Waals surface area contributed by atoms with Crippen molar-refractivity contribution in [2.45, 2.75) is 65.1 Å². The van der Waals surface area contributed by atoms with Crippen molar-refractivity contribution in [1.29, 1.82) is 0 Å². The summed E-state index contributed by atoms with van der Waals surface area (Å²) in [5, 5.41) is 3.29. The Kier molecular flexibility index (Phi) is 3.74. The molecule has 0 atom stereocenters. The van der Waals surface area contributed by atoms with Crippen molar-refractivity contribution in [2.75, 3.05) is 5.32 Å². The molecular formula is C19H25BN2O3. The largest absolute Gasteiger partial charge is 0.494 e. The first-order valence-electron chi connectivity index (χ1n) is 8.97. The normalized spacial score (nSPS) is 21.5. The molecule has 2 heterocycles. The van der Waals surface area contributed by atoms with Gasteiger partial charge in [-0.15, -0.1) is 0 Å². The van der Waals surface area contributed by atoms with Gasteiger partial charge in [0.05, 0.1) is 11.2 Å². The number of nitrogens with zero attached hydrogens (tertiary/aromatic N) is 1. The van der Waals surface area contributed by atoms with Crippen molar-refractivity contribution in [3.05, 3.63) is 29.5 Å². The van der Waals surface area contributed by atoms with Crippen molar-refractivity contribution in [1.82, 2.24) is 4.98 Å². The maximum absolute atomic E-state index is 6.12. The number of allylic oxidation sites excluding steroid dienone is 2. The van der Waals surface area contributed by atoms with Gasteiger partial charge in [-0.1, -0.05) is 11.6 Å². The zero-order chi connectivity index (χ0) is 17.8. The summed E-state index contributed by atoms with van der Waals surface area (Å²) in [7, 11) is -0.388. The lowest BCUT2D eigenvalue weighted by atomic mass is 9.79. The molecule has 1 aromatic heterocycles. The second-order valence-electron chi connectivity index (χ2n) is 8.04. The van der Waals surface area contributed by atoms with E-state index in [2.05, 4.69) is 44.9 Å². The van der Waals surface area contributed by atoms with Crippen molar-refractivity contribution < 1.29 is 13.7 Å². The number of rotatable bonds is 3. The maximum Gasteiger partial charge on any atom is 0.494 e. The van der Waals surface area contributed by atoms with Gasteiger partial charge in [0.1, 0.15) is 5.52 Å². The first-order valence-corrected chi connectivity index (χ1v) is 8.97. The summed E-state index contributed by atoms with van der Waals surface area (Å²) in [4.78, 5) is 4.58. The average Bonchev–Trinajstić information content (AvgIpc) is 2.93. The molecule has 0 amide bonds. The molecule has 132 valence electrons. The van der Waals surface area contributed by atoms with Gasteiger partial charge in [0.15, 0.2) is 5.58 Å². The van der Waals surface area contributed by atoms with Gasteiger partial charge in [-0.3, -0.25) is 0 Å². The van der Waals surface area contributed by atoms with Gasteiger partial charge in [-0.2, -0.15) is 4.98 Å². The number of aromatic nitrogens is 1. The van der Waals surface area contributed by atoms with Crippen LogP contribution in [0, 0.1) is 0 Å². The molecule has 1 aliphatic carbocycles. The van der Waals surface area contributed by atoms with Crippen LogP contribution < -0.4 is 10.8 Å². The fraction of sp³-hybridized carbons (Fsp3) is 0.526. The molecule has 2 aliphatic rings. The minimum Gasteiger partial charge on any atom is -0.423 e. The summed E-state index contributed by atoms with van der Waals surface area (Å²) >= 11 is 0. The third-order valence-corrected chi connectivity index (χ3v) is 5.72. The Bertz CT molecular complexity index is 831. The molecule has 1 N–H and O–H groups in total. The molecule has 2 aromatic rings. The third-order valence-electron chi connectivity index (χ3n) is 5.72. The molecule has 1 saturated heterocycles. The first kappa shape index (κ1) is 16.7. The zero-order valence-electron chi connectivity index (χ0n) is 15.6. The van der Waals surface area contributed by atoms with Crippen molar-refractivity contribution in [3.8, 4) is 0 Å². The van der Waals surface area contributed by atoms with E-state index >= 15 is 0 Å². The van der Waals surface area contributed by atoms with E-state index in [1.54, 1.807) is 0 Å². The van der Waals surface area contributed by atoms with Gasteiger partial charge >= 0.3 is 7.12 Å². The lowest BCUT2D eigenvalue weighted by molar-refractivity contribution is 0.00578. The number of benzene rings is 1. The molecule has 1 aromatic carbocycles. The van der Waals surface area contributed by atoms with E-state index in [1.807, 2.05) is 18.2 Å². The van der Waals surface area contributed by atoms with Crippen molar-refractivity contribution in [3.63, 3.8) is 0 Å². The van der Waals surface area contributed by atoms with E-state index in [0.29, 0.717) is 6.01 Å². The summed E-state index contributed by atoms with van der Waals surface area (Å²) < 4.78 is 18.1. The molecule has 5 nitrogen and oxygen atoms in total. The van der Waals surface area contributed by atoms with E-state index in [1.165, 1.54) is 24.8 Å². The van der Waals surface area contributed by atoms with Crippen LogP contribution in [0.25, 0.3) is 11.1 Å². The van der Waals surface area contributed by atoms with Gasteiger partial charge in [0, 0.05) is 5.70 Å². The highest BCUT2D eigenvalue weighted by Crippen LogP contribution is 2.36. The fourth-order valence-electron chi connectivity index (χ4n) is 3.10. The van der Waals surface area contributed by atoms with Crippen LogP contribution in [0.3, 0.4) is 0 Å². The monoisotopic (exact) mass is 340 g/mol. The van der Waals surface area contributed by atoms with Crippen LogP contribution in [-0.4, -0.2) is 23.3 Å². The Morgan fingerprint density at radius 1 is 1.12 bits per heavy atom. The predicted molar refractivity (Wildman–Crippen MR) is 99.9 cm³/mol.